The van der Waals surface area contributed by atoms with Gasteiger partial charge in [0.25, 0.3) is 0 Å². The first-order chi connectivity index (χ1) is 9.47. The Bertz CT molecular complexity index is 397. The summed E-state index contributed by atoms with van der Waals surface area (Å²) >= 11 is 0. The Labute approximate surface area is 123 Å². The topological polar surface area (TPSA) is 59.1 Å². The summed E-state index contributed by atoms with van der Waals surface area (Å²) in [4.78, 5) is 2.37. The lowest BCUT2D eigenvalue weighted by Gasteiger charge is -2.20. The summed E-state index contributed by atoms with van der Waals surface area (Å²) in [5, 5.41) is 7.92. The summed E-state index contributed by atoms with van der Waals surface area (Å²) in [6.07, 6.45) is 3.41. The maximum atomic E-state index is 6.08. The minimum atomic E-state index is 0.618. The van der Waals surface area contributed by atoms with Crippen molar-refractivity contribution in [1.29, 1.82) is 0 Å². The average molecular weight is 281 g/mol. The third kappa shape index (κ3) is 4.71. The smallest absolute Gasteiger partial charge is 0.148 e. The van der Waals surface area contributed by atoms with Crippen LogP contribution in [0.15, 0.2) is 0 Å². The van der Waals surface area contributed by atoms with Gasteiger partial charge in [0.15, 0.2) is 0 Å². The van der Waals surface area contributed by atoms with E-state index in [9.17, 15) is 0 Å². The molecule has 1 heterocycles. The molecule has 0 amide bonds. The van der Waals surface area contributed by atoms with Crippen LogP contribution in [0.1, 0.15) is 45.7 Å². The molecule has 0 radical (unpaired) electrons. The molecule has 0 atom stereocenters. The van der Waals surface area contributed by atoms with Gasteiger partial charge in [-0.25, -0.2) is 4.68 Å². The molecule has 20 heavy (non-hydrogen) atoms. The van der Waals surface area contributed by atoms with Crippen LogP contribution in [0.25, 0.3) is 0 Å². The van der Waals surface area contributed by atoms with Crippen LogP contribution in [-0.2, 0) is 6.54 Å². The zero-order chi connectivity index (χ0) is 15.1. The molecule has 0 aromatic carbocycles. The summed E-state index contributed by atoms with van der Waals surface area (Å²) < 4.78 is 1.99. The van der Waals surface area contributed by atoms with E-state index in [1.54, 1.807) is 0 Å². The second-order valence-corrected chi connectivity index (χ2v) is 5.78. The van der Waals surface area contributed by atoms with Gasteiger partial charge in [-0.1, -0.05) is 6.92 Å². The lowest BCUT2D eigenvalue weighted by molar-refractivity contribution is 0.269. The van der Waals surface area contributed by atoms with E-state index in [0.717, 1.165) is 49.7 Å². The molecule has 1 rings (SSSR count). The fourth-order valence-electron chi connectivity index (χ4n) is 2.11. The minimum Gasteiger partial charge on any atom is -0.394 e. The summed E-state index contributed by atoms with van der Waals surface area (Å²) in [5.41, 5.74) is 7.79. The third-order valence-electron chi connectivity index (χ3n) is 3.72. The maximum Gasteiger partial charge on any atom is 0.148 e. The molecule has 0 saturated carbocycles. The SMILES string of the molecule is CCCn1nc(C)c(N)c1NCCCCN(C)C(C)C. The maximum absolute atomic E-state index is 6.08. The number of nitrogens with zero attached hydrogens (tertiary/aromatic N) is 3. The van der Waals surface area contributed by atoms with Crippen molar-refractivity contribution in [1.82, 2.24) is 14.7 Å². The molecule has 0 spiro atoms. The van der Waals surface area contributed by atoms with Crippen molar-refractivity contribution < 1.29 is 0 Å². The van der Waals surface area contributed by atoms with Gasteiger partial charge in [-0.15, -0.1) is 0 Å². The summed E-state index contributed by atoms with van der Waals surface area (Å²) in [7, 11) is 2.18. The highest BCUT2D eigenvalue weighted by Crippen LogP contribution is 2.22. The van der Waals surface area contributed by atoms with Crippen molar-refractivity contribution in [2.75, 3.05) is 31.2 Å². The number of nitrogen functional groups attached to an aromatic ring is 1. The van der Waals surface area contributed by atoms with E-state index in [4.69, 9.17) is 5.73 Å². The van der Waals surface area contributed by atoms with Crippen LogP contribution in [0.5, 0.6) is 0 Å². The molecule has 0 saturated heterocycles. The third-order valence-corrected chi connectivity index (χ3v) is 3.72. The van der Waals surface area contributed by atoms with Gasteiger partial charge in [0.2, 0.25) is 0 Å². The Kier molecular flexibility index (Phi) is 6.85. The predicted octanol–water partition coefficient (Wildman–Crippen LogP) is 2.72. The van der Waals surface area contributed by atoms with Crippen LogP contribution in [-0.4, -0.2) is 40.9 Å². The molecule has 3 N–H and O–H groups in total. The Morgan fingerprint density at radius 2 is 2.05 bits per heavy atom. The van der Waals surface area contributed by atoms with Crippen LogP contribution < -0.4 is 11.1 Å². The molecule has 0 aliphatic carbocycles. The number of nitrogens with one attached hydrogen (secondary N) is 1. The van der Waals surface area contributed by atoms with Crippen LogP contribution in [0.2, 0.25) is 0 Å². The Hall–Kier alpha value is -1.23. The van der Waals surface area contributed by atoms with E-state index in [1.807, 2.05) is 11.6 Å². The number of nitrogens with two attached hydrogens (primary N) is 1. The van der Waals surface area contributed by atoms with Crippen LogP contribution in [0.4, 0.5) is 11.5 Å². The molecular weight excluding hydrogens is 250 g/mol. The Balaban J connectivity index is 2.38. The summed E-state index contributed by atoms with van der Waals surface area (Å²) in [6, 6.07) is 0.618. The second-order valence-electron chi connectivity index (χ2n) is 5.78. The number of hydrogen-bond acceptors (Lipinski definition) is 4. The molecule has 1 aromatic heterocycles. The summed E-state index contributed by atoms with van der Waals surface area (Å²) in [5.74, 6) is 0.988. The molecular formula is C15H31N5. The van der Waals surface area contributed by atoms with Gasteiger partial charge in [-0.3, -0.25) is 0 Å². The molecule has 0 fully saturated rings. The monoisotopic (exact) mass is 281 g/mol. The normalized spacial score (nSPS) is 11.6. The quantitative estimate of drug-likeness (QED) is 0.683. The van der Waals surface area contributed by atoms with Crippen molar-refractivity contribution in [2.24, 2.45) is 0 Å². The first-order valence-electron chi connectivity index (χ1n) is 7.74. The van der Waals surface area contributed by atoms with E-state index in [2.05, 4.69) is 43.1 Å². The van der Waals surface area contributed by atoms with Crippen molar-refractivity contribution in [2.45, 2.75) is 59.5 Å². The number of aryl methyl sites for hydroxylation is 2. The lowest BCUT2D eigenvalue weighted by atomic mass is 10.2. The van der Waals surface area contributed by atoms with Gasteiger partial charge in [0, 0.05) is 19.1 Å². The zero-order valence-corrected chi connectivity index (χ0v) is 13.7. The summed E-state index contributed by atoms with van der Waals surface area (Å²) in [6.45, 7) is 11.6. The van der Waals surface area contributed by atoms with Crippen molar-refractivity contribution in [3.63, 3.8) is 0 Å². The highest BCUT2D eigenvalue weighted by Gasteiger charge is 2.11. The lowest BCUT2D eigenvalue weighted by Crippen LogP contribution is -2.27. The minimum absolute atomic E-state index is 0.618. The first-order valence-corrected chi connectivity index (χ1v) is 7.74. The van der Waals surface area contributed by atoms with Gasteiger partial charge in [0.05, 0.1) is 11.4 Å². The molecule has 5 heteroatoms. The fraction of sp³-hybridized carbons (Fsp3) is 0.800. The first kappa shape index (κ1) is 16.8. The molecule has 1 aromatic rings. The fourth-order valence-corrected chi connectivity index (χ4v) is 2.11. The van der Waals surface area contributed by atoms with E-state index >= 15 is 0 Å². The Morgan fingerprint density at radius 3 is 2.65 bits per heavy atom. The molecule has 116 valence electrons. The number of rotatable bonds is 9. The average Bonchev–Trinajstić information content (AvgIpc) is 2.65. The predicted molar refractivity (Wildman–Crippen MR) is 87.2 cm³/mol. The largest absolute Gasteiger partial charge is 0.394 e. The van der Waals surface area contributed by atoms with E-state index in [0.29, 0.717) is 6.04 Å². The number of unbranched alkanes of at least 4 members (excludes halogenated alkanes) is 1. The molecule has 0 bridgehead atoms. The number of anilines is 2. The molecule has 0 unspecified atom stereocenters. The van der Waals surface area contributed by atoms with Crippen LogP contribution >= 0.6 is 0 Å². The van der Waals surface area contributed by atoms with E-state index in [1.165, 1.54) is 6.42 Å². The highest BCUT2D eigenvalue weighted by molar-refractivity contribution is 5.64. The van der Waals surface area contributed by atoms with Crippen LogP contribution in [0.3, 0.4) is 0 Å². The van der Waals surface area contributed by atoms with Crippen molar-refractivity contribution in [3.05, 3.63) is 5.69 Å². The zero-order valence-electron chi connectivity index (χ0n) is 13.7. The van der Waals surface area contributed by atoms with Gasteiger partial charge < -0.3 is 16.0 Å². The van der Waals surface area contributed by atoms with Crippen molar-refractivity contribution >= 4 is 11.5 Å². The molecule has 0 aliphatic rings. The molecule has 0 aliphatic heterocycles. The number of aromatic nitrogens is 2. The Morgan fingerprint density at radius 1 is 1.35 bits per heavy atom. The van der Waals surface area contributed by atoms with Gasteiger partial charge >= 0.3 is 0 Å². The van der Waals surface area contributed by atoms with Crippen LogP contribution in [0, 0.1) is 6.92 Å². The van der Waals surface area contributed by atoms with Gasteiger partial charge in [-0.2, -0.15) is 5.10 Å². The second kappa shape index (κ2) is 8.15. The standard InChI is InChI=1S/C15H31N5/c1-6-10-20-15(14(16)13(4)18-20)17-9-7-8-11-19(5)12(2)3/h12,17H,6-11,16H2,1-5H3. The van der Waals surface area contributed by atoms with E-state index in [-0.39, 0.29) is 0 Å². The highest BCUT2D eigenvalue weighted by atomic mass is 15.3. The van der Waals surface area contributed by atoms with E-state index < -0.39 is 0 Å². The van der Waals surface area contributed by atoms with Gasteiger partial charge in [0.1, 0.15) is 5.82 Å². The van der Waals surface area contributed by atoms with Crippen molar-refractivity contribution in [3.8, 4) is 0 Å². The molecule has 5 nitrogen and oxygen atoms in total. The van der Waals surface area contributed by atoms with Gasteiger partial charge in [-0.05, 0) is 53.6 Å². The number of hydrogen-bond donors (Lipinski definition) is 2.